The molecule has 2 heteroatoms. The van der Waals surface area contributed by atoms with E-state index in [1.165, 1.54) is 11.1 Å². The van der Waals surface area contributed by atoms with Gasteiger partial charge in [0.2, 0.25) is 0 Å². The molecule has 0 radical (unpaired) electrons. The molecule has 0 saturated carbocycles. The van der Waals surface area contributed by atoms with Gasteiger partial charge in [-0.2, -0.15) is 0 Å². The van der Waals surface area contributed by atoms with Gasteiger partial charge in [0, 0.05) is 0 Å². The Morgan fingerprint density at radius 1 is 1.11 bits per heavy atom. The van der Waals surface area contributed by atoms with E-state index < -0.39 is 0 Å². The highest BCUT2D eigenvalue weighted by atomic mass is 17.2. The Bertz CT molecular complexity index is 401. The zero-order valence-electron chi connectivity index (χ0n) is 11.5. The van der Waals surface area contributed by atoms with Crippen molar-refractivity contribution in [3.05, 3.63) is 42.0 Å². The molecule has 1 atom stereocenters. The van der Waals surface area contributed by atoms with Crippen molar-refractivity contribution >= 4 is 5.57 Å². The van der Waals surface area contributed by atoms with Gasteiger partial charge in [-0.15, -0.1) is 0 Å². The number of hydrogen-bond donors (Lipinski definition) is 0. The largest absolute Gasteiger partial charge is 0.230 e. The third-order valence-electron chi connectivity index (χ3n) is 2.89. The fraction of sp³-hybridized carbons (Fsp3) is 0.500. The average Bonchev–Trinajstić information content (AvgIpc) is 2.37. The standard InChI is InChI=1S/C16H22O2/c1-16(2,3)18-17-15-11-7-10-14(12-15)13-8-5-4-6-9-13/h4-6,8-9,12,15H,7,10-11H2,1-3H3. The predicted molar refractivity (Wildman–Crippen MR) is 74.0 cm³/mol. The van der Waals surface area contributed by atoms with E-state index in [0.29, 0.717) is 0 Å². The minimum absolute atomic E-state index is 0.0770. The number of benzene rings is 1. The minimum atomic E-state index is -0.252. The Morgan fingerprint density at radius 3 is 2.50 bits per heavy atom. The van der Waals surface area contributed by atoms with Gasteiger partial charge < -0.3 is 0 Å². The second-order valence-electron chi connectivity index (χ2n) is 5.78. The smallest absolute Gasteiger partial charge is 0.112 e. The number of allylic oxidation sites excluding steroid dienone is 1. The van der Waals surface area contributed by atoms with E-state index in [9.17, 15) is 0 Å². The molecule has 1 unspecified atom stereocenters. The Balaban J connectivity index is 2.02. The summed E-state index contributed by atoms with van der Waals surface area (Å²) in [6.45, 7) is 5.99. The van der Waals surface area contributed by atoms with Crippen LogP contribution in [0.25, 0.3) is 5.57 Å². The molecule has 0 aliphatic heterocycles. The van der Waals surface area contributed by atoms with Gasteiger partial charge >= 0.3 is 0 Å². The Labute approximate surface area is 110 Å². The van der Waals surface area contributed by atoms with E-state index in [4.69, 9.17) is 9.78 Å². The molecular weight excluding hydrogens is 224 g/mol. The van der Waals surface area contributed by atoms with Gasteiger partial charge in [-0.3, -0.25) is 0 Å². The van der Waals surface area contributed by atoms with Crippen LogP contribution < -0.4 is 0 Å². The molecule has 2 rings (SSSR count). The van der Waals surface area contributed by atoms with Crippen molar-refractivity contribution in [2.45, 2.75) is 51.7 Å². The van der Waals surface area contributed by atoms with E-state index in [-0.39, 0.29) is 11.7 Å². The van der Waals surface area contributed by atoms with Crippen molar-refractivity contribution in [1.29, 1.82) is 0 Å². The number of hydrogen-bond acceptors (Lipinski definition) is 2. The summed E-state index contributed by atoms with van der Waals surface area (Å²) in [5.74, 6) is 0. The second kappa shape index (κ2) is 5.68. The van der Waals surface area contributed by atoms with Crippen LogP contribution in [-0.4, -0.2) is 11.7 Å². The molecule has 0 N–H and O–H groups in total. The molecular formula is C16H22O2. The first-order valence-corrected chi connectivity index (χ1v) is 6.65. The van der Waals surface area contributed by atoms with E-state index in [1.54, 1.807) is 0 Å². The SMILES string of the molecule is CC(C)(C)OOC1C=C(c2ccccc2)CCC1. The molecule has 0 fully saturated rings. The average molecular weight is 246 g/mol. The molecule has 0 spiro atoms. The van der Waals surface area contributed by atoms with E-state index in [0.717, 1.165) is 19.3 Å². The quantitative estimate of drug-likeness (QED) is 0.582. The zero-order chi connectivity index (χ0) is 13.0. The molecule has 1 aliphatic rings. The van der Waals surface area contributed by atoms with Crippen molar-refractivity contribution in [2.75, 3.05) is 0 Å². The summed E-state index contributed by atoms with van der Waals surface area (Å²) >= 11 is 0. The summed E-state index contributed by atoms with van der Waals surface area (Å²) < 4.78 is 0. The first-order chi connectivity index (χ1) is 8.54. The van der Waals surface area contributed by atoms with Crippen molar-refractivity contribution in [3.63, 3.8) is 0 Å². The van der Waals surface area contributed by atoms with Crippen LogP contribution in [0.5, 0.6) is 0 Å². The highest BCUT2D eigenvalue weighted by Crippen LogP contribution is 2.28. The van der Waals surface area contributed by atoms with Crippen LogP contribution >= 0.6 is 0 Å². The van der Waals surface area contributed by atoms with Gasteiger partial charge in [-0.25, -0.2) is 9.78 Å². The first-order valence-electron chi connectivity index (χ1n) is 6.65. The summed E-state index contributed by atoms with van der Waals surface area (Å²) in [6.07, 6.45) is 5.59. The fourth-order valence-corrected chi connectivity index (χ4v) is 2.06. The van der Waals surface area contributed by atoms with E-state index in [2.05, 4.69) is 30.3 Å². The molecule has 98 valence electrons. The van der Waals surface area contributed by atoms with Crippen molar-refractivity contribution in [3.8, 4) is 0 Å². The molecule has 1 aliphatic carbocycles. The normalized spacial score (nSPS) is 20.6. The molecule has 0 saturated heterocycles. The van der Waals surface area contributed by atoms with E-state index >= 15 is 0 Å². The maximum atomic E-state index is 5.52. The maximum absolute atomic E-state index is 5.52. The second-order valence-corrected chi connectivity index (χ2v) is 5.78. The van der Waals surface area contributed by atoms with Crippen LogP contribution in [0.3, 0.4) is 0 Å². The van der Waals surface area contributed by atoms with Gasteiger partial charge in [0.05, 0.1) is 5.60 Å². The first kappa shape index (κ1) is 13.3. The van der Waals surface area contributed by atoms with Crippen LogP contribution in [0, 0.1) is 0 Å². The third kappa shape index (κ3) is 3.97. The Hall–Kier alpha value is -1.12. The summed E-state index contributed by atoms with van der Waals surface area (Å²) in [5.41, 5.74) is 2.41. The van der Waals surface area contributed by atoms with Crippen LogP contribution in [0.2, 0.25) is 0 Å². The molecule has 1 aromatic carbocycles. The third-order valence-corrected chi connectivity index (χ3v) is 2.89. The van der Waals surface area contributed by atoms with E-state index in [1.807, 2.05) is 26.8 Å². The fourth-order valence-electron chi connectivity index (χ4n) is 2.06. The van der Waals surface area contributed by atoms with Crippen LogP contribution in [-0.2, 0) is 9.78 Å². The predicted octanol–water partition coefficient (Wildman–Crippen LogP) is 4.37. The topological polar surface area (TPSA) is 18.5 Å². The van der Waals surface area contributed by atoms with Gasteiger partial charge in [-0.1, -0.05) is 30.3 Å². The van der Waals surface area contributed by atoms with Crippen LogP contribution in [0.4, 0.5) is 0 Å². The lowest BCUT2D eigenvalue weighted by Crippen LogP contribution is -2.24. The Kier molecular flexibility index (Phi) is 4.20. The highest BCUT2D eigenvalue weighted by molar-refractivity contribution is 5.66. The summed E-state index contributed by atoms with van der Waals surface area (Å²) in [4.78, 5) is 10.9. The summed E-state index contributed by atoms with van der Waals surface area (Å²) in [6, 6.07) is 10.5. The lowest BCUT2D eigenvalue weighted by Gasteiger charge is -2.25. The molecule has 0 heterocycles. The summed E-state index contributed by atoms with van der Waals surface area (Å²) in [7, 11) is 0. The summed E-state index contributed by atoms with van der Waals surface area (Å²) in [5, 5.41) is 0. The maximum Gasteiger partial charge on any atom is 0.112 e. The zero-order valence-corrected chi connectivity index (χ0v) is 11.5. The molecule has 1 aromatic rings. The molecule has 2 nitrogen and oxygen atoms in total. The van der Waals surface area contributed by atoms with Crippen LogP contribution in [0.15, 0.2) is 36.4 Å². The molecule has 0 aromatic heterocycles. The van der Waals surface area contributed by atoms with Crippen molar-refractivity contribution in [1.82, 2.24) is 0 Å². The van der Waals surface area contributed by atoms with Crippen molar-refractivity contribution < 1.29 is 9.78 Å². The van der Waals surface area contributed by atoms with Gasteiger partial charge in [0.25, 0.3) is 0 Å². The van der Waals surface area contributed by atoms with Crippen molar-refractivity contribution in [2.24, 2.45) is 0 Å². The monoisotopic (exact) mass is 246 g/mol. The molecule has 18 heavy (non-hydrogen) atoms. The minimum Gasteiger partial charge on any atom is -0.230 e. The lowest BCUT2D eigenvalue weighted by atomic mass is 9.92. The molecule has 0 bridgehead atoms. The number of rotatable bonds is 3. The van der Waals surface area contributed by atoms with Gasteiger partial charge in [0.15, 0.2) is 0 Å². The molecule has 0 amide bonds. The van der Waals surface area contributed by atoms with Gasteiger partial charge in [-0.05, 0) is 57.2 Å². The highest BCUT2D eigenvalue weighted by Gasteiger charge is 2.19. The van der Waals surface area contributed by atoms with Gasteiger partial charge in [0.1, 0.15) is 6.10 Å². The lowest BCUT2D eigenvalue weighted by molar-refractivity contribution is -0.365. The van der Waals surface area contributed by atoms with Crippen LogP contribution in [0.1, 0.15) is 45.6 Å². The Morgan fingerprint density at radius 2 is 1.83 bits per heavy atom.